The van der Waals surface area contributed by atoms with E-state index in [4.69, 9.17) is 18.9 Å². The minimum Gasteiger partial charge on any atom is -0.486 e. The first-order valence-corrected chi connectivity index (χ1v) is 9.61. The van der Waals surface area contributed by atoms with Crippen molar-refractivity contribution in [3.63, 3.8) is 0 Å². The van der Waals surface area contributed by atoms with E-state index < -0.39 is 0 Å². The van der Waals surface area contributed by atoms with Gasteiger partial charge in [-0.1, -0.05) is 18.2 Å². The van der Waals surface area contributed by atoms with Crippen LogP contribution in [0.25, 0.3) is 0 Å². The maximum atomic E-state index is 6.10. The molecule has 3 aliphatic heterocycles. The first kappa shape index (κ1) is 19.0. The molecule has 0 N–H and O–H groups in total. The zero-order valence-corrected chi connectivity index (χ0v) is 16.5. The minimum atomic E-state index is 0. The van der Waals surface area contributed by atoms with Crippen molar-refractivity contribution in [1.82, 2.24) is 4.90 Å². The fourth-order valence-corrected chi connectivity index (χ4v) is 3.92. The summed E-state index contributed by atoms with van der Waals surface area (Å²) in [7, 11) is 0. The van der Waals surface area contributed by atoms with Crippen LogP contribution in [0.15, 0.2) is 42.5 Å². The van der Waals surface area contributed by atoms with E-state index in [-0.39, 0.29) is 18.5 Å². The van der Waals surface area contributed by atoms with Gasteiger partial charge in [-0.15, -0.1) is 12.4 Å². The van der Waals surface area contributed by atoms with E-state index in [9.17, 15) is 0 Å². The summed E-state index contributed by atoms with van der Waals surface area (Å²) in [4.78, 5) is 4.84. The molecule has 0 amide bonds. The van der Waals surface area contributed by atoms with Crippen molar-refractivity contribution in [2.75, 3.05) is 57.4 Å². The van der Waals surface area contributed by atoms with Gasteiger partial charge in [0, 0.05) is 32.7 Å². The average molecular weight is 405 g/mol. The summed E-state index contributed by atoms with van der Waals surface area (Å²) in [6.07, 6.45) is 0.0765. The molecule has 1 fully saturated rings. The second-order valence-electron chi connectivity index (χ2n) is 7.09. The van der Waals surface area contributed by atoms with Gasteiger partial charge in [-0.2, -0.15) is 0 Å². The summed E-state index contributed by atoms with van der Waals surface area (Å²) in [5.41, 5.74) is 1.14. The Kier molecular flexibility index (Phi) is 5.69. The van der Waals surface area contributed by atoms with E-state index in [1.807, 2.05) is 36.4 Å². The molecule has 0 saturated carbocycles. The summed E-state index contributed by atoms with van der Waals surface area (Å²) >= 11 is 0. The van der Waals surface area contributed by atoms with Crippen LogP contribution in [0.1, 0.15) is 0 Å². The first-order chi connectivity index (χ1) is 13.4. The van der Waals surface area contributed by atoms with Crippen molar-refractivity contribution in [2.45, 2.75) is 6.10 Å². The Morgan fingerprint density at radius 1 is 0.786 bits per heavy atom. The molecule has 5 rings (SSSR count). The number of hydrogen-bond donors (Lipinski definition) is 0. The molecule has 0 aromatic heterocycles. The van der Waals surface area contributed by atoms with E-state index in [1.54, 1.807) is 0 Å². The third kappa shape index (κ3) is 3.80. The van der Waals surface area contributed by atoms with E-state index in [1.165, 1.54) is 0 Å². The van der Waals surface area contributed by atoms with E-state index in [2.05, 4.69) is 15.9 Å². The molecular formula is C21H25ClN2O4. The van der Waals surface area contributed by atoms with Gasteiger partial charge in [0.25, 0.3) is 0 Å². The molecule has 0 aliphatic carbocycles. The smallest absolute Gasteiger partial charge is 0.184 e. The number of halogens is 1. The van der Waals surface area contributed by atoms with Gasteiger partial charge in [-0.3, -0.25) is 4.90 Å². The van der Waals surface area contributed by atoms with Gasteiger partial charge in [0.05, 0.1) is 5.69 Å². The molecule has 2 aromatic rings. The molecule has 0 spiro atoms. The molecule has 3 aliphatic rings. The number of anilines is 1. The molecule has 6 nitrogen and oxygen atoms in total. The molecule has 7 heteroatoms. The molecule has 3 heterocycles. The molecule has 1 atom stereocenters. The maximum absolute atomic E-state index is 6.10. The van der Waals surface area contributed by atoms with Crippen molar-refractivity contribution in [2.24, 2.45) is 0 Å². The first-order valence-electron chi connectivity index (χ1n) is 9.61. The SMILES string of the molecule is Cl.c1ccc2c(c1)OCC(CN1CCN(c3cccc4c3OCCO4)CC1)O2. The van der Waals surface area contributed by atoms with Crippen molar-refractivity contribution < 1.29 is 18.9 Å². The lowest BCUT2D eigenvalue weighted by Gasteiger charge is -2.39. The van der Waals surface area contributed by atoms with Crippen LogP contribution in [0, 0.1) is 0 Å². The predicted octanol–water partition coefficient (Wildman–Crippen LogP) is 2.84. The molecule has 2 aromatic carbocycles. The summed E-state index contributed by atoms with van der Waals surface area (Å²) in [6.45, 7) is 6.64. The van der Waals surface area contributed by atoms with Gasteiger partial charge in [-0.05, 0) is 24.3 Å². The van der Waals surface area contributed by atoms with Gasteiger partial charge in [0.1, 0.15) is 25.9 Å². The highest BCUT2D eigenvalue weighted by molar-refractivity contribution is 5.85. The second kappa shape index (κ2) is 8.37. The molecule has 0 radical (unpaired) electrons. The van der Waals surface area contributed by atoms with Crippen LogP contribution < -0.4 is 23.8 Å². The number of hydrogen-bond acceptors (Lipinski definition) is 6. The van der Waals surface area contributed by atoms with Crippen LogP contribution in [0.4, 0.5) is 5.69 Å². The lowest BCUT2D eigenvalue weighted by molar-refractivity contribution is 0.0570. The lowest BCUT2D eigenvalue weighted by atomic mass is 10.2. The highest BCUT2D eigenvalue weighted by Crippen LogP contribution is 2.39. The Morgan fingerprint density at radius 2 is 1.54 bits per heavy atom. The number of ether oxygens (including phenoxy) is 4. The summed E-state index contributed by atoms with van der Waals surface area (Å²) in [5.74, 6) is 3.43. The third-order valence-corrected chi connectivity index (χ3v) is 5.29. The second-order valence-corrected chi connectivity index (χ2v) is 7.09. The van der Waals surface area contributed by atoms with Crippen LogP contribution in [0.3, 0.4) is 0 Å². The molecule has 1 saturated heterocycles. The van der Waals surface area contributed by atoms with Crippen LogP contribution >= 0.6 is 12.4 Å². The number of nitrogens with zero attached hydrogens (tertiary/aromatic N) is 2. The summed E-state index contributed by atoms with van der Waals surface area (Å²) in [5, 5.41) is 0. The number of benzene rings is 2. The number of fused-ring (bicyclic) bond motifs is 2. The van der Waals surface area contributed by atoms with Gasteiger partial charge >= 0.3 is 0 Å². The van der Waals surface area contributed by atoms with Crippen LogP contribution in [0.5, 0.6) is 23.0 Å². The molecular weight excluding hydrogens is 380 g/mol. The minimum absolute atomic E-state index is 0. The van der Waals surface area contributed by atoms with Gasteiger partial charge in [0.15, 0.2) is 23.0 Å². The van der Waals surface area contributed by atoms with Gasteiger partial charge in [-0.25, -0.2) is 0 Å². The fraction of sp³-hybridized carbons (Fsp3) is 0.429. The van der Waals surface area contributed by atoms with Crippen LogP contribution in [-0.2, 0) is 0 Å². The Bertz CT molecular complexity index is 811. The standard InChI is InChI=1S/C21H24N2O4.ClH/c1-2-6-19-18(5-1)26-15-16(27-19)14-22-8-10-23(11-9-22)17-4-3-7-20-21(17)25-13-12-24-20;/h1-7,16H,8-15H2;1H. The van der Waals surface area contributed by atoms with Crippen molar-refractivity contribution >= 4 is 18.1 Å². The van der Waals surface area contributed by atoms with Crippen LogP contribution in [-0.4, -0.2) is 63.5 Å². The number of rotatable bonds is 3. The Hall–Kier alpha value is -2.31. The largest absolute Gasteiger partial charge is 0.486 e. The Morgan fingerprint density at radius 3 is 2.39 bits per heavy atom. The molecule has 0 bridgehead atoms. The highest BCUT2D eigenvalue weighted by Gasteiger charge is 2.27. The van der Waals surface area contributed by atoms with Gasteiger partial charge < -0.3 is 23.8 Å². The third-order valence-electron chi connectivity index (χ3n) is 5.29. The van der Waals surface area contributed by atoms with Gasteiger partial charge in [0.2, 0.25) is 0 Å². The van der Waals surface area contributed by atoms with Crippen molar-refractivity contribution in [1.29, 1.82) is 0 Å². The topological polar surface area (TPSA) is 43.4 Å². The van der Waals surface area contributed by atoms with E-state index in [0.717, 1.165) is 61.4 Å². The van der Waals surface area contributed by atoms with Crippen molar-refractivity contribution in [3.05, 3.63) is 42.5 Å². The number of piperazine rings is 1. The molecule has 28 heavy (non-hydrogen) atoms. The quantitative estimate of drug-likeness (QED) is 0.783. The lowest BCUT2D eigenvalue weighted by Crippen LogP contribution is -2.50. The predicted molar refractivity (Wildman–Crippen MR) is 110 cm³/mol. The number of para-hydroxylation sites is 3. The fourth-order valence-electron chi connectivity index (χ4n) is 3.92. The van der Waals surface area contributed by atoms with Crippen molar-refractivity contribution in [3.8, 4) is 23.0 Å². The normalized spacial score (nSPS) is 21.0. The van der Waals surface area contributed by atoms with E-state index in [0.29, 0.717) is 19.8 Å². The summed E-state index contributed by atoms with van der Waals surface area (Å²) < 4.78 is 23.5. The van der Waals surface area contributed by atoms with Crippen LogP contribution in [0.2, 0.25) is 0 Å². The Balaban J connectivity index is 0.00000192. The molecule has 150 valence electrons. The summed E-state index contributed by atoms with van der Waals surface area (Å²) in [6, 6.07) is 14.0. The zero-order valence-electron chi connectivity index (χ0n) is 15.7. The monoisotopic (exact) mass is 404 g/mol. The Labute approximate surface area is 171 Å². The highest BCUT2D eigenvalue weighted by atomic mass is 35.5. The van der Waals surface area contributed by atoms with E-state index >= 15 is 0 Å². The zero-order chi connectivity index (χ0) is 18.1. The maximum Gasteiger partial charge on any atom is 0.184 e. The average Bonchev–Trinajstić information content (AvgIpc) is 2.74. The molecule has 1 unspecified atom stereocenters.